The molecule has 4 nitrogen and oxygen atoms in total. The third-order valence-corrected chi connectivity index (χ3v) is 4.45. The van der Waals surface area contributed by atoms with Crippen molar-refractivity contribution in [2.45, 2.75) is 84.5 Å². The first-order valence-electron chi connectivity index (χ1n) is 9.50. The van der Waals surface area contributed by atoms with Crippen LogP contribution in [-0.2, 0) is 0 Å². The monoisotopic (exact) mass is 320 g/mol. The third kappa shape index (κ3) is 15.4. The quantitative estimate of drug-likeness (QED) is 0.338. The van der Waals surface area contributed by atoms with Crippen LogP contribution >= 0.6 is 0 Å². The fourth-order valence-electron chi connectivity index (χ4n) is 3.08. The van der Waals surface area contributed by atoms with E-state index in [1.807, 2.05) is 0 Å². The summed E-state index contributed by atoms with van der Waals surface area (Å²) in [6.45, 7) is 8.76. The van der Waals surface area contributed by atoms with Gasteiger partial charge < -0.3 is 4.90 Å². The van der Waals surface area contributed by atoms with E-state index in [1.54, 1.807) is 5.32 Å². The Hall–Kier alpha value is -1.26. The van der Waals surface area contributed by atoms with Crippen LogP contribution in [0.15, 0.2) is 0 Å². The number of rotatable bonds is 11. The van der Waals surface area contributed by atoms with Gasteiger partial charge >= 0.3 is 0 Å². The number of unbranched alkanes of at least 4 members (excludes halogenated alkanes) is 9. The fraction of sp³-hybridized carbons (Fsp3) is 0.895. The Kier molecular flexibility index (Phi) is 16.2. The number of nitriles is 2. The molecule has 132 valence electrons. The normalized spacial score (nSPS) is 17.0. The number of nitrogens with zero attached hydrogens (tertiary/aromatic N) is 3. The lowest BCUT2D eigenvalue weighted by atomic mass is 10.1. The van der Waals surface area contributed by atoms with Gasteiger partial charge in [-0.15, -0.1) is 0 Å². The van der Waals surface area contributed by atoms with Crippen molar-refractivity contribution in [3.63, 3.8) is 0 Å². The Morgan fingerprint density at radius 2 is 1.43 bits per heavy atom. The zero-order valence-corrected chi connectivity index (χ0v) is 15.3. The van der Waals surface area contributed by atoms with Gasteiger partial charge in [-0.05, 0) is 31.8 Å². The van der Waals surface area contributed by atoms with Crippen LogP contribution in [0.1, 0.15) is 84.5 Å². The van der Waals surface area contributed by atoms with Gasteiger partial charge in [0.05, 0.1) is 0 Å². The third-order valence-electron chi connectivity index (χ3n) is 4.45. The molecule has 0 aliphatic carbocycles. The van der Waals surface area contributed by atoms with Crippen LogP contribution in [0.5, 0.6) is 0 Å². The molecule has 0 amide bonds. The number of nitrogens with one attached hydrogen (secondary N) is 1. The molecule has 0 radical (unpaired) electrons. The van der Waals surface area contributed by atoms with Gasteiger partial charge in [-0.1, -0.05) is 71.6 Å². The van der Waals surface area contributed by atoms with Crippen LogP contribution in [-0.4, -0.2) is 24.5 Å². The zero-order chi connectivity index (χ0) is 17.2. The van der Waals surface area contributed by atoms with Gasteiger partial charge in [0.1, 0.15) is 0 Å². The average molecular weight is 321 g/mol. The van der Waals surface area contributed by atoms with E-state index < -0.39 is 0 Å². The van der Waals surface area contributed by atoms with E-state index >= 15 is 0 Å². The molecule has 0 aromatic heterocycles. The van der Waals surface area contributed by atoms with Gasteiger partial charge in [0.2, 0.25) is 0 Å². The Labute approximate surface area is 143 Å². The van der Waals surface area contributed by atoms with Gasteiger partial charge in [0, 0.05) is 6.54 Å². The van der Waals surface area contributed by atoms with E-state index in [0.717, 1.165) is 5.92 Å². The van der Waals surface area contributed by atoms with Crippen LogP contribution in [0.2, 0.25) is 0 Å². The summed E-state index contributed by atoms with van der Waals surface area (Å²) in [6, 6.07) is 0. The number of likely N-dealkylation sites (tertiary alicyclic amines) is 1. The Morgan fingerprint density at radius 1 is 0.913 bits per heavy atom. The van der Waals surface area contributed by atoms with Crippen LogP contribution < -0.4 is 5.32 Å². The largest absolute Gasteiger partial charge is 0.303 e. The standard InChI is InChI=1S/C17H35N.C2HN3/c1-3-4-5-6-7-8-9-10-11-12-14-18-15-13-17(2)16-18;3-1-5-2-4/h17H,3-16H2,1-2H3;5H. The molecule has 23 heavy (non-hydrogen) atoms. The Balaban J connectivity index is 0.000000841. The second-order valence-corrected chi connectivity index (χ2v) is 6.73. The molecule has 1 aliphatic rings. The summed E-state index contributed by atoms with van der Waals surface area (Å²) in [5, 5.41) is 16.7. The summed E-state index contributed by atoms with van der Waals surface area (Å²) in [7, 11) is 0. The first-order valence-corrected chi connectivity index (χ1v) is 9.50. The summed E-state index contributed by atoms with van der Waals surface area (Å²) in [4.78, 5) is 2.66. The van der Waals surface area contributed by atoms with Crippen molar-refractivity contribution in [2.24, 2.45) is 5.92 Å². The fourth-order valence-corrected chi connectivity index (χ4v) is 3.08. The molecule has 0 saturated carbocycles. The topological polar surface area (TPSA) is 62.9 Å². The molecule has 1 rings (SSSR count). The van der Waals surface area contributed by atoms with Crippen molar-refractivity contribution in [3.05, 3.63) is 0 Å². The molecule has 0 bridgehead atoms. The predicted molar refractivity (Wildman–Crippen MR) is 96.4 cm³/mol. The SMILES string of the molecule is CCCCCCCCCCCCN1CCC(C)C1.N#CNC#N. The molecule has 0 aromatic rings. The second kappa shape index (κ2) is 17.1. The molecular formula is C19H36N4. The van der Waals surface area contributed by atoms with Crippen molar-refractivity contribution in [1.29, 1.82) is 10.5 Å². The minimum absolute atomic E-state index is 0.952. The molecule has 1 N–H and O–H groups in total. The highest BCUT2D eigenvalue weighted by molar-refractivity contribution is 4.77. The average Bonchev–Trinajstić information content (AvgIpc) is 2.96. The molecule has 1 heterocycles. The Bertz CT molecular complexity index is 317. The molecule has 1 atom stereocenters. The van der Waals surface area contributed by atoms with E-state index in [-0.39, 0.29) is 0 Å². The van der Waals surface area contributed by atoms with Crippen molar-refractivity contribution in [2.75, 3.05) is 19.6 Å². The maximum absolute atomic E-state index is 7.48. The van der Waals surface area contributed by atoms with E-state index in [0.29, 0.717) is 0 Å². The summed E-state index contributed by atoms with van der Waals surface area (Å²) in [6.07, 6.45) is 18.8. The summed E-state index contributed by atoms with van der Waals surface area (Å²) < 4.78 is 0. The van der Waals surface area contributed by atoms with Gasteiger partial charge in [-0.2, -0.15) is 10.5 Å². The molecule has 1 unspecified atom stereocenters. The highest BCUT2D eigenvalue weighted by Crippen LogP contribution is 2.16. The lowest BCUT2D eigenvalue weighted by molar-refractivity contribution is 0.317. The zero-order valence-electron chi connectivity index (χ0n) is 15.3. The first kappa shape index (κ1) is 21.7. The van der Waals surface area contributed by atoms with Crippen LogP contribution in [0.4, 0.5) is 0 Å². The molecule has 1 fully saturated rings. The maximum atomic E-state index is 7.48. The van der Waals surface area contributed by atoms with Crippen molar-refractivity contribution in [1.82, 2.24) is 10.2 Å². The van der Waals surface area contributed by atoms with Gasteiger partial charge in [-0.3, -0.25) is 0 Å². The predicted octanol–water partition coefficient (Wildman–Crippen LogP) is 4.79. The highest BCUT2D eigenvalue weighted by atomic mass is 15.1. The maximum Gasteiger partial charge on any atom is 0.190 e. The van der Waals surface area contributed by atoms with Gasteiger partial charge in [0.15, 0.2) is 12.4 Å². The Morgan fingerprint density at radius 3 is 1.83 bits per heavy atom. The lowest BCUT2D eigenvalue weighted by Gasteiger charge is -2.14. The molecule has 4 heteroatoms. The van der Waals surface area contributed by atoms with E-state index in [9.17, 15) is 0 Å². The van der Waals surface area contributed by atoms with E-state index in [4.69, 9.17) is 10.5 Å². The van der Waals surface area contributed by atoms with Gasteiger partial charge in [0.25, 0.3) is 0 Å². The van der Waals surface area contributed by atoms with Gasteiger partial charge in [-0.25, -0.2) is 5.32 Å². The van der Waals surface area contributed by atoms with Crippen molar-refractivity contribution in [3.8, 4) is 12.4 Å². The summed E-state index contributed by atoms with van der Waals surface area (Å²) >= 11 is 0. The lowest BCUT2D eigenvalue weighted by Crippen LogP contribution is -2.21. The smallest absolute Gasteiger partial charge is 0.190 e. The molecule has 0 spiro atoms. The van der Waals surface area contributed by atoms with Crippen LogP contribution in [0, 0.1) is 28.8 Å². The molecular weight excluding hydrogens is 284 g/mol. The van der Waals surface area contributed by atoms with E-state index in [1.165, 1.54) is 103 Å². The molecule has 1 aliphatic heterocycles. The first-order chi connectivity index (χ1) is 11.2. The van der Waals surface area contributed by atoms with E-state index in [2.05, 4.69) is 18.7 Å². The highest BCUT2D eigenvalue weighted by Gasteiger charge is 2.17. The van der Waals surface area contributed by atoms with Crippen molar-refractivity contribution >= 4 is 0 Å². The van der Waals surface area contributed by atoms with Crippen molar-refractivity contribution < 1.29 is 0 Å². The minimum atomic E-state index is 0.952. The van der Waals surface area contributed by atoms with Crippen LogP contribution in [0.25, 0.3) is 0 Å². The molecule has 1 saturated heterocycles. The minimum Gasteiger partial charge on any atom is -0.303 e. The number of hydrogen-bond acceptors (Lipinski definition) is 4. The second-order valence-electron chi connectivity index (χ2n) is 6.73. The summed E-state index contributed by atoms with van der Waals surface area (Å²) in [5.41, 5.74) is 0. The molecule has 0 aromatic carbocycles. The number of hydrogen-bond donors (Lipinski definition) is 1. The van der Waals surface area contributed by atoms with Crippen LogP contribution in [0.3, 0.4) is 0 Å². The summed E-state index contributed by atoms with van der Waals surface area (Å²) in [5.74, 6) is 0.952.